The molecule has 3 aromatic rings. The van der Waals surface area contributed by atoms with Crippen LogP contribution in [0.25, 0.3) is 0 Å². The van der Waals surface area contributed by atoms with Crippen molar-refractivity contribution in [2.45, 2.75) is 18.1 Å². The van der Waals surface area contributed by atoms with Gasteiger partial charge in [-0.25, -0.2) is 0 Å². The quantitative estimate of drug-likeness (QED) is 0.525. The minimum atomic E-state index is -4.48. The fourth-order valence-electron chi connectivity index (χ4n) is 4.11. The number of fused-ring (bicyclic) bond motifs is 1. The molecule has 1 aliphatic heterocycles. The molecule has 0 saturated carbocycles. The molecule has 2 amide bonds. The van der Waals surface area contributed by atoms with E-state index in [0.29, 0.717) is 22.6 Å². The first-order chi connectivity index (χ1) is 16.2. The Morgan fingerprint density at radius 3 is 2.26 bits per heavy atom. The van der Waals surface area contributed by atoms with Gasteiger partial charge in [-0.15, -0.1) is 11.3 Å². The lowest BCUT2D eigenvalue weighted by Crippen LogP contribution is -2.43. The van der Waals surface area contributed by atoms with Gasteiger partial charge in [-0.3, -0.25) is 9.59 Å². The number of hydrogen-bond donors (Lipinski definition) is 1. The fourth-order valence-corrected chi connectivity index (χ4v) is 5.01. The van der Waals surface area contributed by atoms with Crippen LogP contribution < -0.4 is 14.8 Å². The SMILES string of the molecule is COc1cc2c(cc1OC)[C@@H](C(=O)Nc1ccc(C(F)(F)F)cc1)[C@H](c1cccs1)N(C)C2=O. The van der Waals surface area contributed by atoms with Gasteiger partial charge in [0, 0.05) is 23.2 Å². The summed E-state index contributed by atoms with van der Waals surface area (Å²) >= 11 is 1.40. The third kappa shape index (κ3) is 4.21. The average molecular weight is 491 g/mol. The molecule has 0 unspecified atom stereocenters. The summed E-state index contributed by atoms with van der Waals surface area (Å²) < 4.78 is 49.5. The topological polar surface area (TPSA) is 67.9 Å². The summed E-state index contributed by atoms with van der Waals surface area (Å²) in [5.74, 6) is -0.896. The number of halogens is 3. The maximum atomic E-state index is 13.6. The predicted octanol–water partition coefficient (Wildman–Crippen LogP) is 5.33. The molecule has 1 N–H and O–H groups in total. The number of benzene rings is 2. The van der Waals surface area contributed by atoms with E-state index in [9.17, 15) is 22.8 Å². The maximum Gasteiger partial charge on any atom is 0.416 e. The smallest absolute Gasteiger partial charge is 0.416 e. The third-order valence-electron chi connectivity index (χ3n) is 5.77. The van der Waals surface area contributed by atoms with Crippen molar-refractivity contribution in [1.82, 2.24) is 4.90 Å². The molecule has 0 radical (unpaired) electrons. The largest absolute Gasteiger partial charge is 0.493 e. The minimum absolute atomic E-state index is 0.213. The highest BCUT2D eigenvalue weighted by molar-refractivity contribution is 7.10. The molecule has 6 nitrogen and oxygen atoms in total. The van der Waals surface area contributed by atoms with E-state index in [2.05, 4.69) is 5.32 Å². The second-order valence-electron chi connectivity index (χ2n) is 7.71. The summed E-state index contributed by atoms with van der Waals surface area (Å²) in [7, 11) is 4.52. The van der Waals surface area contributed by atoms with Gasteiger partial charge >= 0.3 is 6.18 Å². The highest BCUT2D eigenvalue weighted by Crippen LogP contribution is 2.47. The number of rotatable bonds is 5. The number of carbonyl (C=O) groups excluding carboxylic acids is 2. The van der Waals surface area contributed by atoms with Crippen molar-refractivity contribution in [3.05, 3.63) is 75.5 Å². The number of nitrogens with zero attached hydrogens (tertiary/aromatic N) is 1. The van der Waals surface area contributed by atoms with E-state index in [0.717, 1.165) is 17.0 Å². The van der Waals surface area contributed by atoms with Crippen molar-refractivity contribution in [2.24, 2.45) is 0 Å². The first kappa shape index (κ1) is 23.6. The van der Waals surface area contributed by atoms with Gasteiger partial charge in [0.25, 0.3) is 5.91 Å². The molecule has 1 aromatic heterocycles. The number of amides is 2. The zero-order valence-electron chi connectivity index (χ0n) is 18.5. The number of ether oxygens (including phenoxy) is 2. The van der Waals surface area contributed by atoms with Crippen LogP contribution in [0, 0.1) is 0 Å². The van der Waals surface area contributed by atoms with Crippen molar-refractivity contribution in [2.75, 3.05) is 26.6 Å². The van der Waals surface area contributed by atoms with Gasteiger partial charge in [-0.1, -0.05) is 6.07 Å². The summed E-state index contributed by atoms with van der Waals surface area (Å²) in [6.45, 7) is 0. The first-order valence-electron chi connectivity index (χ1n) is 10.2. The third-order valence-corrected chi connectivity index (χ3v) is 6.71. The summed E-state index contributed by atoms with van der Waals surface area (Å²) in [5, 5.41) is 4.56. The van der Waals surface area contributed by atoms with Crippen LogP contribution in [-0.2, 0) is 11.0 Å². The van der Waals surface area contributed by atoms with E-state index in [1.807, 2.05) is 17.5 Å². The molecule has 4 rings (SSSR count). The molecule has 178 valence electrons. The van der Waals surface area contributed by atoms with Crippen LogP contribution in [0.15, 0.2) is 53.9 Å². The van der Waals surface area contributed by atoms with Crippen LogP contribution in [0.3, 0.4) is 0 Å². The van der Waals surface area contributed by atoms with E-state index in [1.165, 1.54) is 48.7 Å². The monoisotopic (exact) mass is 490 g/mol. The summed E-state index contributed by atoms with van der Waals surface area (Å²) in [6.07, 6.45) is -4.48. The van der Waals surface area contributed by atoms with Gasteiger partial charge in [0.15, 0.2) is 11.5 Å². The van der Waals surface area contributed by atoms with Crippen LogP contribution in [0.4, 0.5) is 18.9 Å². The van der Waals surface area contributed by atoms with Crippen LogP contribution in [0.1, 0.15) is 38.3 Å². The van der Waals surface area contributed by atoms with Crippen molar-refractivity contribution in [1.29, 1.82) is 0 Å². The van der Waals surface area contributed by atoms with E-state index in [1.54, 1.807) is 13.1 Å². The molecule has 2 heterocycles. The van der Waals surface area contributed by atoms with Crippen LogP contribution >= 0.6 is 11.3 Å². The Kier molecular flexibility index (Phi) is 6.26. The Hall–Kier alpha value is -3.53. The predicted molar refractivity (Wildman–Crippen MR) is 122 cm³/mol. The standard InChI is InChI=1S/C24H21F3N2O4S/c1-29-21(19-5-4-10-34-19)20(15-11-17(32-2)18(33-3)12-16(15)23(29)31)22(30)28-14-8-6-13(7-9-14)24(25,26)27/h4-12,20-21H,1-3H3,(H,28,30)/t20-,21+/m1/s1. The number of methoxy groups -OCH3 is 2. The Morgan fingerprint density at radius 1 is 1.06 bits per heavy atom. The van der Waals surface area contributed by atoms with Crippen molar-refractivity contribution in [3.63, 3.8) is 0 Å². The lowest BCUT2D eigenvalue weighted by atomic mass is 9.81. The van der Waals surface area contributed by atoms with Crippen molar-refractivity contribution in [3.8, 4) is 11.5 Å². The maximum absolute atomic E-state index is 13.6. The zero-order valence-corrected chi connectivity index (χ0v) is 19.3. The number of thiophene rings is 1. The van der Waals surface area contributed by atoms with E-state index in [4.69, 9.17) is 9.47 Å². The Labute approximate surface area is 197 Å². The lowest BCUT2D eigenvalue weighted by molar-refractivity contribution is -0.137. The number of nitrogens with one attached hydrogen (secondary N) is 1. The molecule has 0 fully saturated rings. The highest BCUT2D eigenvalue weighted by atomic mass is 32.1. The second-order valence-corrected chi connectivity index (χ2v) is 8.69. The molecule has 0 aliphatic carbocycles. The van der Waals surface area contributed by atoms with Gasteiger partial charge in [0.05, 0.1) is 31.7 Å². The number of carbonyl (C=O) groups is 2. The molecule has 0 spiro atoms. The number of anilines is 1. The minimum Gasteiger partial charge on any atom is -0.493 e. The van der Waals surface area contributed by atoms with Gasteiger partial charge in [-0.05, 0) is 53.4 Å². The Morgan fingerprint density at radius 2 is 1.71 bits per heavy atom. The lowest BCUT2D eigenvalue weighted by Gasteiger charge is -2.39. The number of likely N-dealkylation sites (N-methyl/N-ethyl adjacent to an activating group) is 1. The second kappa shape index (κ2) is 9.02. The summed E-state index contributed by atoms with van der Waals surface area (Å²) in [5.41, 5.74) is 0.140. The fraction of sp³-hybridized carbons (Fsp3) is 0.250. The Balaban J connectivity index is 1.79. The zero-order chi connectivity index (χ0) is 24.6. The van der Waals surface area contributed by atoms with Gasteiger partial charge < -0.3 is 19.7 Å². The summed E-state index contributed by atoms with van der Waals surface area (Å²) in [6, 6.07) is 10.4. The van der Waals surface area contributed by atoms with Crippen molar-refractivity contribution >= 4 is 28.8 Å². The van der Waals surface area contributed by atoms with E-state index in [-0.39, 0.29) is 11.6 Å². The van der Waals surface area contributed by atoms with Gasteiger partial charge in [0.2, 0.25) is 5.91 Å². The van der Waals surface area contributed by atoms with Crippen LogP contribution in [0.2, 0.25) is 0 Å². The Bertz CT molecular complexity index is 1210. The highest BCUT2D eigenvalue weighted by Gasteiger charge is 2.44. The first-order valence-corrected chi connectivity index (χ1v) is 11.1. The molecule has 34 heavy (non-hydrogen) atoms. The van der Waals surface area contributed by atoms with Crippen molar-refractivity contribution < 1.29 is 32.2 Å². The van der Waals surface area contributed by atoms with E-state index >= 15 is 0 Å². The molecular weight excluding hydrogens is 469 g/mol. The molecule has 0 bridgehead atoms. The van der Waals surface area contributed by atoms with E-state index < -0.39 is 29.6 Å². The number of alkyl halides is 3. The molecule has 10 heteroatoms. The summed E-state index contributed by atoms with van der Waals surface area (Å²) in [4.78, 5) is 29.1. The molecule has 0 saturated heterocycles. The van der Waals surface area contributed by atoms with Crippen LogP contribution in [0.5, 0.6) is 11.5 Å². The van der Waals surface area contributed by atoms with Crippen LogP contribution in [-0.4, -0.2) is 38.0 Å². The van der Waals surface area contributed by atoms with Gasteiger partial charge in [0.1, 0.15) is 0 Å². The molecule has 1 aliphatic rings. The normalized spacial score (nSPS) is 17.8. The molecular formula is C24H21F3N2O4S. The molecule has 2 atom stereocenters. The average Bonchev–Trinajstić information content (AvgIpc) is 3.34. The van der Waals surface area contributed by atoms with Gasteiger partial charge in [-0.2, -0.15) is 13.2 Å². The number of hydrogen-bond acceptors (Lipinski definition) is 5. The molecule has 2 aromatic carbocycles.